The smallest absolute Gasteiger partial charge is 0.246 e. The Morgan fingerprint density at radius 3 is 2.58 bits per heavy atom. The van der Waals surface area contributed by atoms with Crippen molar-refractivity contribution in [1.82, 2.24) is 10.2 Å². The highest BCUT2D eigenvalue weighted by molar-refractivity contribution is 5.91. The van der Waals surface area contributed by atoms with E-state index < -0.39 is 18.1 Å². The van der Waals surface area contributed by atoms with Crippen LogP contribution in [0.1, 0.15) is 32.3 Å². The summed E-state index contributed by atoms with van der Waals surface area (Å²) in [4.78, 5) is 38.1. The molecule has 3 atom stereocenters. The van der Waals surface area contributed by atoms with E-state index in [1.165, 1.54) is 17.0 Å². The SMILES string of the molecule is CC(C)[C@H](N)C(=O)N[C@@H](Cc1ccc(O)cc1)C(=O)N1CCC[C@H]1C=O. The zero-order valence-corrected chi connectivity index (χ0v) is 15.2. The third kappa shape index (κ3) is 4.82. The maximum absolute atomic E-state index is 13.0. The number of carbonyl (C=O) groups excluding carboxylic acids is 3. The van der Waals surface area contributed by atoms with E-state index in [-0.39, 0.29) is 29.9 Å². The molecule has 1 aromatic carbocycles. The van der Waals surface area contributed by atoms with Gasteiger partial charge in [0.15, 0.2) is 0 Å². The topological polar surface area (TPSA) is 113 Å². The number of hydrogen-bond donors (Lipinski definition) is 3. The first-order valence-electron chi connectivity index (χ1n) is 8.93. The molecular formula is C19H27N3O4. The second-order valence-corrected chi connectivity index (χ2v) is 7.08. The molecule has 0 unspecified atom stereocenters. The number of phenolic OH excluding ortho intramolecular Hbond substituents is 1. The predicted octanol–water partition coefficient (Wildman–Crippen LogP) is 0.593. The molecule has 1 aliphatic heterocycles. The number of hydrogen-bond acceptors (Lipinski definition) is 5. The lowest BCUT2D eigenvalue weighted by Gasteiger charge is -2.28. The molecule has 7 heteroatoms. The van der Waals surface area contributed by atoms with Gasteiger partial charge >= 0.3 is 0 Å². The van der Waals surface area contributed by atoms with Gasteiger partial charge in [-0.3, -0.25) is 9.59 Å². The summed E-state index contributed by atoms with van der Waals surface area (Å²) in [7, 11) is 0. The molecule has 1 fully saturated rings. The Morgan fingerprint density at radius 2 is 2.00 bits per heavy atom. The number of nitrogens with zero attached hydrogens (tertiary/aromatic N) is 1. The number of benzene rings is 1. The summed E-state index contributed by atoms with van der Waals surface area (Å²) >= 11 is 0. The Bertz CT molecular complexity index is 645. The summed E-state index contributed by atoms with van der Waals surface area (Å²) in [6, 6.07) is 4.49. The molecule has 0 aromatic heterocycles. The summed E-state index contributed by atoms with van der Waals surface area (Å²) < 4.78 is 0. The van der Waals surface area contributed by atoms with E-state index in [0.29, 0.717) is 13.0 Å². The number of aromatic hydroxyl groups is 1. The molecule has 2 amide bonds. The molecule has 0 saturated carbocycles. The third-order valence-electron chi connectivity index (χ3n) is 4.75. The van der Waals surface area contributed by atoms with Crippen LogP contribution < -0.4 is 11.1 Å². The number of amides is 2. The maximum atomic E-state index is 13.0. The van der Waals surface area contributed by atoms with Crippen molar-refractivity contribution in [1.29, 1.82) is 0 Å². The zero-order chi connectivity index (χ0) is 19.3. The number of carbonyl (C=O) groups is 3. The molecule has 7 nitrogen and oxygen atoms in total. The van der Waals surface area contributed by atoms with E-state index in [0.717, 1.165) is 18.3 Å². The number of phenols is 1. The Kier molecular flexibility index (Phi) is 6.74. The number of aldehydes is 1. The van der Waals surface area contributed by atoms with Crippen LogP contribution in [0.3, 0.4) is 0 Å². The first kappa shape index (κ1) is 19.9. The average Bonchev–Trinajstić information content (AvgIpc) is 3.10. The first-order chi connectivity index (χ1) is 12.3. The van der Waals surface area contributed by atoms with E-state index in [2.05, 4.69) is 5.32 Å². The van der Waals surface area contributed by atoms with Gasteiger partial charge in [-0.15, -0.1) is 0 Å². The van der Waals surface area contributed by atoms with Gasteiger partial charge < -0.3 is 25.9 Å². The molecule has 26 heavy (non-hydrogen) atoms. The highest BCUT2D eigenvalue weighted by Gasteiger charge is 2.34. The fraction of sp³-hybridized carbons (Fsp3) is 0.526. The Balaban J connectivity index is 2.19. The maximum Gasteiger partial charge on any atom is 0.246 e. The second-order valence-electron chi connectivity index (χ2n) is 7.08. The molecule has 0 radical (unpaired) electrons. The van der Waals surface area contributed by atoms with Crippen LogP contribution in [0, 0.1) is 5.92 Å². The molecule has 0 spiro atoms. The van der Waals surface area contributed by atoms with Crippen molar-refractivity contribution >= 4 is 18.1 Å². The second kappa shape index (κ2) is 8.80. The minimum Gasteiger partial charge on any atom is -0.508 e. The normalized spacial score (nSPS) is 19.2. The molecule has 1 aromatic rings. The summed E-state index contributed by atoms with van der Waals surface area (Å²) in [6.07, 6.45) is 2.45. The van der Waals surface area contributed by atoms with Crippen LogP contribution in [0.4, 0.5) is 0 Å². The van der Waals surface area contributed by atoms with Crippen molar-refractivity contribution in [2.45, 2.75) is 51.2 Å². The molecular weight excluding hydrogens is 334 g/mol. The van der Waals surface area contributed by atoms with Gasteiger partial charge in [0, 0.05) is 13.0 Å². The van der Waals surface area contributed by atoms with E-state index in [1.807, 2.05) is 13.8 Å². The number of rotatable bonds is 7. The molecule has 4 N–H and O–H groups in total. The van der Waals surface area contributed by atoms with Gasteiger partial charge in [0.05, 0.1) is 12.1 Å². The largest absolute Gasteiger partial charge is 0.508 e. The van der Waals surface area contributed by atoms with Crippen LogP contribution in [-0.4, -0.2) is 52.8 Å². The Morgan fingerprint density at radius 1 is 1.35 bits per heavy atom. The molecule has 0 aliphatic carbocycles. The van der Waals surface area contributed by atoms with Gasteiger partial charge in [-0.1, -0.05) is 26.0 Å². The van der Waals surface area contributed by atoms with Crippen LogP contribution >= 0.6 is 0 Å². The van der Waals surface area contributed by atoms with Crippen LogP contribution in [0.25, 0.3) is 0 Å². The molecule has 1 heterocycles. The van der Waals surface area contributed by atoms with Gasteiger partial charge in [0.1, 0.15) is 18.1 Å². The minimum absolute atomic E-state index is 0.0612. The summed E-state index contributed by atoms with van der Waals surface area (Å²) in [6.45, 7) is 4.17. The standard InChI is InChI=1S/C19H27N3O4/c1-12(2)17(20)18(25)21-16(10-13-5-7-15(24)8-6-13)19(26)22-9-3-4-14(22)11-23/h5-8,11-12,14,16-17,24H,3-4,9-10,20H2,1-2H3,(H,21,25)/t14-,16-,17-/m0/s1. The van der Waals surface area contributed by atoms with Crippen molar-refractivity contribution in [3.8, 4) is 5.75 Å². The van der Waals surface area contributed by atoms with Gasteiger partial charge in [-0.05, 0) is 36.5 Å². The zero-order valence-electron chi connectivity index (χ0n) is 15.2. The number of likely N-dealkylation sites (tertiary alicyclic amines) is 1. The van der Waals surface area contributed by atoms with Crippen molar-refractivity contribution < 1.29 is 19.5 Å². The number of nitrogens with two attached hydrogens (primary N) is 1. The minimum atomic E-state index is -0.808. The molecule has 1 aliphatic rings. The third-order valence-corrected chi connectivity index (χ3v) is 4.75. The lowest BCUT2D eigenvalue weighted by atomic mass is 10.0. The van der Waals surface area contributed by atoms with Gasteiger partial charge in [-0.25, -0.2) is 0 Å². The lowest BCUT2D eigenvalue weighted by molar-refractivity contribution is -0.139. The van der Waals surface area contributed by atoms with Gasteiger partial charge in [0.25, 0.3) is 0 Å². The van der Waals surface area contributed by atoms with E-state index in [1.54, 1.807) is 12.1 Å². The Labute approximate surface area is 153 Å². The molecule has 0 bridgehead atoms. The Hall–Kier alpha value is -2.41. The molecule has 2 rings (SSSR count). The van der Waals surface area contributed by atoms with Crippen LogP contribution in [-0.2, 0) is 20.8 Å². The van der Waals surface area contributed by atoms with E-state index in [9.17, 15) is 19.5 Å². The van der Waals surface area contributed by atoms with Gasteiger partial charge in [-0.2, -0.15) is 0 Å². The summed E-state index contributed by atoms with van der Waals surface area (Å²) in [5.41, 5.74) is 6.70. The van der Waals surface area contributed by atoms with E-state index >= 15 is 0 Å². The van der Waals surface area contributed by atoms with Crippen molar-refractivity contribution in [3.05, 3.63) is 29.8 Å². The van der Waals surface area contributed by atoms with Gasteiger partial charge in [0.2, 0.25) is 11.8 Å². The monoisotopic (exact) mass is 361 g/mol. The highest BCUT2D eigenvalue weighted by Crippen LogP contribution is 2.19. The summed E-state index contributed by atoms with van der Waals surface area (Å²) in [5.74, 6) is -0.604. The van der Waals surface area contributed by atoms with Crippen LogP contribution in [0.2, 0.25) is 0 Å². The molecule has 142 valence electrons. The van der Waals surface area contributed by atoms with Crippen molar-refractivity contribution in [2.75, 3.05) is 6.54 Å². The number of nitrogens with one attached hydrogen (secondary N) is 1. The first-order valence-corrected chi connectivity index (χ1v) is 8.93. The van der Waals surface area contributed by atoms with Crippen molar-refractivity contribution in [2.24, 2.45) is 11.7 Å². The van der Waals surface area contributed by atoms with Crippen LogP contribution in [0.15, 0.2) is 24.3 Å². The van der Waals surface area contributed by atoms with Crippen molar-refractivity contribution in [3.63, 3.8) is 0 Å². The predicted molar refractivity (Wildman–Crippen MR) is 97.4 cm³/mol. The van der Waals surface area contributed by atoms with Crippen LogP contribution in [0.5, 0.6) is 5.75 Å². The highest BCUT2D eigenvalue weighted by atomic mass is 16.3. The van der Waals surface area contributed by atoms with E-state index in [4.69, 9.17) is 5.73 Å². The quantitative estimate of drug-likeness (QED) is 0.615. The molecule has 1 saturated heterocycles. The summed E-state index contributed by atoms with van der Waals surface area (Å²) in [5, 5.41) is 12.2. The lowest BCUT2D eigenvalue weighted by Crippen LogP contribution is -2.55. The fourth-order valence-electron chi connectivity index (χ4n) is 3.05. The average molecular weight is 361 g/mol. The fourth-order valence-corrected chi connectivity index (χ4v) is 3.05.